The van der Waals surface area contributed by atoms with E-state index < -0.39 is 10.0 Å². The van der Waals surface area contributed by atoms with Crippen molar-refractivity contribution in [2.75, 3.05) is 0 Å². The largest absolute Gasteiger partial charge is 0.238 e. The lowest BCUT2D eigenvalue weighted by molar-refractivity contribution is 0.597. The van der Waals surface area contributed by atoms with Crippen LogP contribution in [0.15, 0.2) is 37.6 Å². The smallest absolute Gasteiger partial charge is 0.225 e. The fourth-order valence-electron chi connectivity index (χ4n) is 1.11. The van der Waals surface area contributed by atoms with Crippen LogP contribution in [0, 0.1) is 0 Å². The number of hydrogen-bond acceptors (Lipinski definition) is 5. The summed E-state index contributed by atoms with van der Waals surface area (Å²) in [5.41, 5.74) is 0.970. The highest BCUT2D eigenvalue weighted by atomic mass is 32.2. The highest BCUT2D eigenvalue weighted by molar-refractivity contribution is 7.98. The Morgan fingerprint density at radius 1 is 1.43 bits per heavy atom. The lowest BCUT2D eigenvalue weighted by atomic mass is 10.2. The number of sulfonamides is 1. The van der Waals surface area contributed by atoms with E-state index in [9.17, 15) is 8.42 Å². The van der Waals surface area contributed by atoms with Gasteiger partial charge in [0, 0.05) is 16.8 Å². The van der Waals surface area contributed by atoms with Crippen LogP contribution in [0.2, 0.25) is 0 Å². The number of rotatable bonds is 1. The van der Waals surface area contributed by atoms with Crippen molar-refractivity contribution in [1.82, 2.24) is 0 Å². The molecule has 0 bridgehead atoms. The maximum Gasteiger partial charge on any atom is 0.238 e. The minimum atomic E-state index is -3.62. The van der Waals surface area contributed by atoms with Crippen molar-refractivity contribution < 1.29 is 8.42 Å². The molecule has 0 saturated carbocycles. The summed E-state index contributed by atoms with van der Waals surface area (Å²) in [6.45, 7) is 0.493. The molecule has 0 amide bonds. The van der Waals surface area contributed by atoms with Crippen LogP contribution in [0.3, 0.4) is 0 Å². The first-order valence-corrected chi connectivity index (χ1v) is 6.09. The molecule has 1 aliphatic heterocycles. The summed E-state index contributed by atoms with van der Waals surface area (Å²) in [6.07, 6.45) is 0. The highest BCUT2D eigenvalue weighted by Gasteiger charge is 2.13. The van der Waals surface area contributed by atoms with Crippen LogP contribution in [0.4, 0.5) is 0 Å². The molecule has 7 heteroatoms. The zero-order valence-corrected chi connectivity index (χ0v) is 8.68. The average molecular weight is 229 g/mol. The Labute approximate surface area is 85.6 Å². The lowest BCUT2D eigenvalue weighted by Crippen LogP contribution is -2.12. The van der Waals surface area contributed by atoms with Gasteiger partial charge in [-0.15, -0.1) is 4.52 Å². The minimum Gasteiger partial charge on any atom is -0.225 e. The molecule has 5 nitrogen and oxygen atoms in total. The van der Waals surface area contributed by atoms with Gasteiger partial charge in [-0.25, -0.2) is 13.6 Å². The van der Waals surface area contributed by atoms with Crippen molar-refractivity contribution in [1.29, 1.82) is 0 Å². The summed E-state index contributed by atoms with van der Waals surface area (Å²) >= 11 is 1.16. The third kappa shape index (κ3) is 1.79. The second-order valence-electron chi connectivity index (χ2n) is 2.79. The first-order valence-electron chi connectivity index (χ1n) is 3.77. The van der Waals surface area contributed by atoms with E-state index in [0.717, 1.165) is 22.4 Å². The Morgan fingerprint density at radius 2 is 2.21 bits per heavy atom. The molecule has 1 heterocycles. The zero-order chi connectivity index (χ0) is 10.2. The summed E-state index contributed by atoms with van der Waals surface area (Å²) in [4.78, 5) is 0.910. The lowest BCUT2D eigenvalue weighted by Gasteiger charge is -2.08. The van der Waals surface area contributed by atoms with Crippen molar-refractivity contribution in [2.24, 2.45) is 14.8 Å². The minimum absolute atomic E-state index is 0.112. The number of hydrogen-bond donors (Lipinski definition) is 1. The summed E-state index contributed by atoms with van der Waals surface area (Å²) < 4.78 is 25.8. The number of fused-ring (bicyclic) bond motifs is 1. The Morgan fingerprint density at radius 3 is 2.93 bits per heavy atom. The van der Waals surface area contributed by atoms with Crippen molar-refractivity contribution in [3.8, 4) is 0 Å². The molecule has 0 aliphatic carbocycles. The normalized spacial score (nSPS) is 15.2. The van der Waals surface area contributed by atoms with Crippen molar-refractivity contribution in [2.45, 2.75) is 16.3 Å². The number of nitrogens with two attached hydrogens (primary N) is 1. The van der Waals surface area contributed by atoms with Gasteiger partial charge in [-0.3, -0.25) is 0 Å². The van der Waals surface area contributed by atoms with Crippen LogP contribution in [0.5, 0.6) is 0 Å². The quantitative estimate of drug-likeness (QED) is 0.737. The molecule has 1 aliphatic rings. The molecule has 1 aromatic rings. The molecule has 0 aromatic heterocycles. The van der Waals surface area contributed by atoms with E-state index in [1.54, 1.807) is 6.07 Å². The van der Waals surface area contributed by atoms with E-state index in [1.807, 2.05) is 0 Å². The standard InChI is InChI=1S/C7H7N3O2S2/c8-14(11,12)6-2-1-5-4-9-10-13-7(5)3-6/h1-3H,4H2,(H2,8,11,12). The van der Waals surface area contributed by atoms with E-state index in [2.05, 4.69) is 9.63 Å². The third-order valence-electron chi connectivity index (χ3n) is 1.81. The van der Waals surface area contributed by atoms with E-state index in [0.29, 0.717) is 6.54 Å². The summed E-state index contributed by atoms with van der Waals surface area (Å²) in [6, 6.07) is 4.71. The molecule has 0 atom stereocenters. The van der Waals surface area contributed by atoms with Crippen LogP contribution in [-0.4, -0.2) is 8.42 Å². The molecule has 0 fully saturated rings. The van der Waals surface area contributed by atoms with Gasteiger partial charge in [0.25, 0.3) is 0 Å². The maximum atomic E-state index is 11.0. The first-order chi connectivity index (χ1) is 6.57. The van der Waals surface area contributed by atoms with Gasteiger partial charge in [0.2, 0.25) is 10.0 Å². The predicted molar refractivity (Wildman–Crippen MR) is 52.2 cm³/mol. The maximum absolute atomic E-state index is 11.0. The monoisotopic (exact) mass is 229 g/mol. The molecule has 0 saturated heterocycles. The molecule has 1 aromatic carbocycles. The number of nitrogens with zero attached hydrogens (tertiary/aromatic N) is 2. The van der Waals surface area contributed by atoms with Gasteiger partial charge >= 0.3 is 0 Å². The second kappa shape index (κ2) is 3.34. The SMILES string of the molecule is NS(=O)(=O)c1ccc2c(c1)SN=NC2. The molecule has 0 spiro atoms. The van der Waals surface area contributed by atoms with Gasteiger partial charge in [0.15, 0.2) is 0 Å². The Hall–Kier alpha value is -0.920. The van der Waals surface area contributed by atoms with Crippen molar-refractivity contribution >= 4 is 22.0 Å². The summed E-state index contributed by atoms with van der Waals surface area (Å²) in [5, 5.41) is 8.82. The van der Waals surface area contributed by atoms with Gasteiger partial charge in [-0.05, 0) is 17.7 Å². The molecule has 0 unspecified atom stereocenters. The van der Waals surface area contributed by atoms with Crippen molar-refractivity contribution in [3.05, 3.63) is 23.8 Å². The first kappa shape index (κ1) is 9.63. The van der Waals surface area contributed by atoms with Crippen LogP contribution >= 0.6 is 11.9 Å². The zero-order valence-electron chi connectivity index (χ0n) is 7.04. The topological polar surface area (TPSA) is 84.9 Å². The highest BCUT2D eigenvalue weighted by Crippen LogP contribution is 2.30. The fourth-order valence-corrected chi connectivity index (χ4v) is 2.35. The van der Waals surface area contributed by atoms with Gasteiger partial charge in [0.05, 0.1) is 11.4 Å². The van der Waals surface area contributed by atoms with Crippen LogP contribution < -0.4 is 5.14 Å². The van der Waals surface area contributed by atoms with E-state index in [1.165, 1.54) is 12.1 Å². The molecular formula is C7H7N3O2S2. The van der Waals surface area contributed by atoms with Gasteiger partial charge < -0.3 is 0 Å². The second-order valence-corrected chi connectivity index (χ2v) is 5.13. The Bertz CT molecular complexity index is 496. The average Bonchev–Trinajstić information content (AvgIpc) is 2.16. The predicted octanol–water partition coefficient (Wildman–Crippen LogP) is 1.31. The van der Waals surface area contributed by atoms with E-state index in [-0.39, 0.29) is 4.90 Å². The number of benzene rings is 1. The molecule has 14 heavy (non-hydrogen) atoms. The van der Waals surface area contributed by atoms with E-state index >= 15 is 0 Å². The van der Waals surface area contributed by atoms with Crippen LogP contribution in [-0.2, 0) is 16.6 Å². The van der Waals surface area contributed by atoms with Crippen LogP contribution in [0.1, 0.15) is 5.56 Å². The molecule has 2 rings (SSSR count). The fraction of sp³-hybridized carbons (Fsp3) is 0.143. The molecule has 2 N–H and O–H groups in total. The Kier molecular flexibility index (Phi) is 2.30. The summed E-state index contributed by atoms with van der Waals surface area (Å²) in [5.74, 6) is 0. The van der Waals surface area contributed by atoms with Gasteiger partial charge in [0.1, 0.15) is 0 Å². The third-order valence-corrected chi connectivity index (χ3v) is 3.49. The van der Waals surface area contributed by atoms with Gasteiger partial charge in [-0.2, -0.15) is 5.11 Å². The van der Waals surface area contributed by atoms with Gasteiger partial charge in [-0.1, -0.05) is 6.07 Å². The molecule has 0 radical (unpaired) electrons. The van der Waals surface area contributed by atoms with E-state index in [4.69, 9.17) is 5.14 Å². The summed E-state index contributed by atoms with van der Waals surface area (Å²) in [7, 11) is -3.62. The molecular weight excluding hydrogens is 222 g/mol. The molecule has 74 valence electrons. The van der Waals surface area contributed by atoms with Crippen molar-refractivity contribution in [3.63, 3.8) is 0 Å². The Balaban J connectivity index is 2.52. The number of primary sulfonamides is 1. The van der Waals surface area contributed by atoms with Crippen LogP contribution in [0.25, 0.3) is 0 Å².